The molecule has 0 aromatic carbocycles. The highest BCUT2D eigenvalue weighted by Crippen LogP contribution is 2.34. The van der Waals surface area contributed by atoms with Gasteiger partial charge in [-0.15, -0.1) is 0 Å². The summed E-state index contributed by atoms with van der Waals surface area (Å²) in [6, 6.07) is 0. The van der Waals surface area contributed by atoms with E-state index in [2.05, 4.69) is 13.8 Å². The Bertz CT molecular complexity index is 357. The maximum Gasteiger partial charge on any atom is 0.391 e. The van der Waals surface area contributed by atoms with Crippen molar-refractivity contribution in [2.24, 2.45) is 5.92 Å². The van der Waals surface area contributed by atoms with E-state index in [9.17, 15) is 13.2 Å². The second kappa shape index (κ2) is 21.6. The van der Waals surface area contributed by atoms with Gasteiger partial charge in [-0.3, -0.25) is 0 Å². The van der Waals surface area contributed by atoms with Gasteiger partial charge in [0.15, 0.2) is 0 Å². The monoisotopic (exact) mass is 450 g/mol. The molecule has 1 nitrogen and oxygen atoms in total. The molecule has 0 aromatic rings. The van der Waals surface area contributed by atoms with Gasteiger partial charge in [0, 0.05) is 6.61 Å². The zero-order valence-electron chi connectivity index (χ0n) is 21.0. The summed E-state index contributed by atoms with van der Waals surface area (Å²) in [5.74, 6) is -1.09. The lowest BCUT2D eigenvalue weighted by atomic mass is 9.93. The van der Waals surface area contributed by atoms with E-state index in [0.29, 0.717) is 25.4 Å². The van der Waals surface area contributed by atoms with Crippen LogP contribution in [0.3, 0.4) is 0 Å². The second-order valence-electron chi connectivity index (χ2n) is 9.42. The molecular weight excluding hydrogens is 397 g/mol. The maximum atomic E-state index is 13.3. The molecule has 0 spiro atoms. The average molecular weight is 451 g/mol. The third-order valence-corrected chi connectivity index (χ3v) is 6.48. The fraction of sp³-hybridized carbons (Fsp3) is 1.00. The Morgan fingerprint density at radius 3 is 1.23 bits per heavy atom. The Balaban J connectivity index is 3.90. The lowest BCUT2D eigenvalue weighted by molar-refractivity contribution is -0.178. The summed E-state index contributed by atoms with van der Waals surface area (Å²) in [5, 5.41) is 0. The first-order valence-electron chi connectivity index (χ1n) is 13.6. The smallest absolute Gasteiger partial charge is 0.379 e. The van der Waals surface area contributed by atoms with E-state index in [4.69, 9.17) is 4.74 Å². The zero-order valence-corrected chi connectivity index (χ0v) is 21.0. The molecule has 0 saturated carbocycles. The number of unbranched alkanes of at least 4 members (excludes halogenated alkanes) is 13. The molecule has 31 heavy (non-hydrogen) atoms. The van der Waals surface area contributed by atoms with Crippen molar-refractivity contribution in [2.45, 2.75) is 161 Å². The van der Waals surface area contributed by atoms with Crippen LogP contribution in [-0.4, -0.2) is 18.9 Å². The van der Waals surface area contributed by atoms with Crippen molar-refractivity contribution in [1.29, 1.82) is 0 Å². The molecule has 2 atom stereocenters. The Labute approximate surface area is 192 Å². The molecule has 4 heteroatoms. The number of halogens is 3. The number of hydrogen-bond acceptors (Lipinski definition) is 1. The van der Waals surface area contributed by atoms with E-state index in [0.717, 1.165) is 58.0 Å². The van der Waals surface area contributed by atoms with Crippen LogP contribution in [0.1, 0.15) is 149 Å². The minimum absolute atomic E-state index is 0.311. The van der Waals surface area contributed by atoms with Gasteiger partial charge in [-0.25, -0.2) is 0 Å². The standard InChI is InChI=1S/C27H53F3O/c1-4-7-9-11-12-14-17-21-25(27(28,29)30)22-18-15-16-20-24-26(31-6-3)23-19-13-10-8-5-2/h25-26H,4-24H2,1-3H3. The van der Waals surface area contributed by atoms with Crippen LogP contribution in [0.5, 0.6) is 0 Å². The van der Waals surface area contributed by atoms with E-state index < -0.39 is 12.1 Å². The first-order chi connectivity index (χ1) is 15.0. The van der Waals surface area contributed by atoms with E-state index >= 15 is 0 Å². The van der Waals surface area contributed by atoms with Gasteiger partial charge in [0.1, 0.15) is 0 Å². The van der Waals surface area contributed by atoms with Crippen LogP contribution in [0, 0.1) is 5.92 Å². The fourth-order valence-corrected chi connectivity index (χ4v) is 4.46. The van der Waals surface area contributed by atoms with Crippen LogP contribution in [0.2, 0.25) is 0 Å². The number of ether oxygens (including phenoxy) is 1. The highest BCUT2D eigenvalue weighted by atomic mass is 19.4. The van der Waals surface area contributed by atoms with Gasteiger partial charge in [0.2, 0.25) is 0 Å². The van der Waals surface area contributed by atoms with E-state index in [-0.39, 0.29) is 0 Å². The van der Waals surface area contributed by atoms with Crippen molar-refractivity contribution in [2.75, 3.05) is 6.61 Å². The molecule has 0 aliphatic rings. The van der Waals surface area contributed by atoms with Gasteiger partial charge in [0.25, 0.3) is 0 Å². The van der Waals surface area contributed by atoms with Gasteiger partial charge < -0.3 is 4.74 Å². The normalized spacial score (nSPS) is 14.1. The van der Waals surface area contributed by atoms with Crippen LogP contribution in [-0.2, 0) is 4.74 Å². The van der Waals surface area contributed by atoms with Crippen LogP contribution in [0.25, 0.3) is 0 Å². The molecule has 0 aromatic heterocycles. The van der Waals surface area contributed by atoms with Gasteiger partial charge in [-0.05, 0) is 32.6 Å². The Morgan fingerprint density at radius 1 is 0.516 bits per heavy atom. The molecular formula is C27H53F3O. The summed E-state index contributed by atoms with van der Waals surface area (Å²) < 4.78 is 45.9. The third kappa shape index (κ3) is 20.1. The summed E-state index contributed by atoms with van der Waals surface area (Å²) in [6.45, 7) is 7.22. The number of rotatable bonds is 23. The van der Waals surface area contributed by atoms with Gasteiger partial charge in [-0.1, -0.05) is 117 Å². The van der Waals surface area contributed by atoms with E-state index in [1.807, 2.05) is 6.92 Å². The second-order valence-corrected chi connectivity index (χ2v) is 9.42. The predicted molar refractivity (Wildman–Crippen MR) is 129 cm³/mol. The Kier molecular flexibility index (Phi) is 21.4. The van der Waals surface area contributed by atoms with Crippen molar-refractivity contribution in [3.8, 4) is 0 Å². The van der Waals surface area contributed by atoms with Crippen molar-refractivity contribution < 1.29 is 17.9 Å². The predicted octanol–water partition coefficient (Wildman–Crippen LogP) is 10.4. The quantitative estimate of drug-likeness (QED) is 0.141. The molecule has 0 radical (unpaired) electrons. The molecule has 0 saturated heterocycles. The molecule has 0 N–H and O–H groups in total. The summed E-state index contributed by atoms with van der Waals surface area (Å²) >= 11 is 0. The highest BCUT2D eigenvalue weighted by Gasteiger charge is 2.38. The lowest BCUT2D eigenvalue weighted by Gasteiger charge is -2.20. The van der Waals surface area contributed by atoms with Crippen molar-refractivity contribution >= 4 is 0 Å². The molecule has 0 amide bonds. The summed E-state index contributed by atoms with van der Waals surface area (Å²) in [7, 11) is 0. The van der Waals surface area contributed by atoms with Gasteiger partial charge in [0.05, 0.1) is 12.0 Å². The summed E-state index contributed by atoms with van der Waals surface area (Å²) in [6.07, 6.45) is 16.9. The molecule has 0 rings (SSSR count). The molecule has 0 aliphatic carbocycles. The highest BCUT2D eigenvalue weighted by molar-refractivity contribution is 4.69. The molecule has 0 fully saturated rings. The molecule has 188 valence electrons. The minimum Gasteiger partial charge on any atom is -0.379 e. The third-order valence-electron chi connectivity index (χ3n) is 6.48. The van der Waals surface area contributed by atoms with E-state index in [1.54, 1.807) is 0 Å². The molecule has 0 aliphatic heterocycles. The molecule has 0 bridgehead atoms. The van der Waals surface area contributed by atoms with Crippen molar-refractivity contribution in [3.63, 3.8) is 0 Å². The first kappa shape index (κ1) is 30.8. The van der Waals surface area contributed by atoms with E-state index in [1.165, 1.54) is 57.8 Å². The maximum absolute atomic E-state index is 13.3. The Morgan fingerprint density at radius 2 is 0.871 bits per heavy atom. The summed E-state index contributed by atoms with van der Waals surface area (Å²) in [5.41, 5.74) is 0. The molecule has 2 unspecified atom stereocenters. The topological polar surface area (TPSA) is 9.23 Å². The summed E-state index contributed by atoms with van der Waals surface area (Å²) in [4.78, 5) is 0. The largest absolute Gasteiger partial charge is 0.391 e. The number of hydrogen-bond donors (Lipinski definition) is 0. The lowest BCUT2D eigenvalue weighted by Crippen LogP contribution is -2.22. The zero-order chi connectivity index (χ0) is 23.2. The number of alkyl halides is 3. The Hall–Kier alpha value is -0.250. The van der Waals surface area contributed by atoms with Crippen LogP contribution in [0.15, 0.2) is 0 Å². The van der Waals surface area contributed by atoms with Gasteiger partial charge >= 0.3 is 6.18 Å². The minimum atomic E-state index is -4.03. The fourth-order valence-electron chi connectivity index (χ4n) is 4.46. The molecule has 0 heterocycles. The van der Waals surface area contributed by atoms with Crippen LogP contribution in [0.4, 0.5) is 13.2 Å². The van der Waals surface area contributed by atoms with Crippen molar-refractivity contribution in [1.82, 2.24) is 0 Å². The van der Waals surface area contributed by atoms with Crippen molar-refractivity contribution in [3.05, 3.63) is 0 Å². The first-order valence-corrected chi connectivity index (χ1v) is 13.6. The van der Waals surface area contributed by atoms with Crippen LogP contribution < -0.4 is 0 Å². The van der Waals surface area contributed by atoms with Crippen LogP contribution >= 0.6 is 0 Å². The van der Waals surface area contributed by atoms with Gasteiger partial charge in [-0.2, -0.15) is 13.2 Å². The SMILES string of the molecule is CCCCCCCCCC(CCCCCCC(CCCCCCC)OCC)C(F)(F)F. The average Bonchev–Trinajstić information content (AvgIpc) is 2.72.